The van der Waals surface area contributed by atoms with Crippen LogP contribution in [0.2, 0.25) is 0 Å². The fraction of sp³-hybridized carbons (Fsp3) is 0.182. The fourth-order valence-electron chi connectivity index (χ4n) is 4.14. The van der Waals surface area contributed by atoms with Crippen molar-refractivity contribution in [2.24, 2.45) is 14.1 Å². The first-order chi connectivity index (χ1) is 14.0. The highest BCUT2D eigenvalue weighted by atomic mass is 16.2. The van der Waals surface area contributed by atoms with Gasteiger partial charge in [-0.25, -0.2) is 9.78 Å². The zero-order chi connectivity index (χ0) is 20.3. The van der Waals surface area contributed by atoms with E-state index in [0.717, 1.165) is 28.5 Å². The third kappa shape index (κ3) is 2.51. The Kier molecular flexibility index (Phi) is 3.67. The molecule has 2 aromatic carbocycles. The first kappa shape index (κ1) is 17.4. The topological polar surface area (TPSA) is 86.0 Å². The number of carbonyl (C=O) groups is 1. The van der Waals surface area contributed by atoms with E-state index >= 15 is 0 Å². The molecule has 2 heterocycles. The third-order valence-corrected chi connectivity index (χ3v) is 5.68. The Hall–Kier alpha value is -3.74. The van der Waals surface area contributed by atoms with Crippen molar-refractivity contribution >= 4 is 33.4 Å². The number of rotatable bonds is 2. The summed E-state index contributed by atoms with van der Waals surface area (Å²) in [5, 5.41) is 5.40. The van der Waals surface area contributed by atoms with Crippen molar-refractivity contribution < 1.29 is 4.79 Å². The molecule has 0 radical (unpaired) electrons. The van der Waals surface area contributed by atoms with Crippen LogP contribution in [0.15, 0.2) is 52.2 Å². The Labute approximate surface area is 165 Å². The maximum Gasteiger partial charge on any atom is 0.332 e. The van der Waals surface area contributed by atoms with Crippen molar-refractivity contribution in [2.75, 3.05) is 5.32 Å². The lowest BCUT2D eigenvalue weighted by molar-refractivity contribution is 0.102. The van der Waals surface area contributed by atoms with Gasteiger partial charge in [0.1, 0.15) is 5.65 Å². The van der Waals surface area contributed by atoms with Crippen molar-refractivity contribution in [3.8, 4) is 0 Å². The number of hydrogen-bond acceptors (Lipinski definition) is 4. The first-order valence-corrected chi connectivity index (χ1v) is 9.36. The monoisotopic (exact) mass is 386 g/mol. The lowest BCUT2D eigenvalue weighted by Crippen LogP contribution is -2.37. The minimum Gasteiger partial charge on any atom is -0.321 e. The molecule has 4 aromatic rings. The fourth-order valence-corrected chi connectivity index (χ4v) is 4.14. The number of nitrogens with one attached hydrogen (secondary N) is 1. The van der Waals surface area contributed by atoms with E-state index in [1.807, 2.05) is 18.2 Å². The van der Waals surface area contributed by atoms with Crippen LogP contribution in [-0.4, -0.2) is 20.0 Å². The molecule has 2 aromatic heterocycles. The summed E-state index contributed by atoms with van der Waals surface area (Å²) in [6, 6.07) is 11.6. The van der Waals surface area contributed by atoms with Crippen LogP contribution >= 0.6 is 0 Å². The van der Waals surface area contributed by atoms with Gasteiger partial charge in [0.05, 0.1) is 10.9 Å². The average Bonchev–Trinajstić information content (AvgIpc) is 3.17. The molecule has 0 fully saturated rings. The summed E-state index contributed by atoms with van der Waals surface area (Å²) in [5.41, 5.74) is 2.90. The molecule has 0 bridgehead atoms. The number of aryl methyl sites for hydroxylation is 3. The highest BCUT2D eigenvalue weighted by Gasteiger charge is 2.18. The van der Waals surface area contributed by atoms with Crippen molar-refractivity contribution in [2.45, 2.75) is 12.8 Å². The molecule has 1 aliphatic rings. The van der Waals surface area contributed by atoms with Gasteiger partial charge in [0.15, 0.2) is 0 Å². The molecule has 7 nitrogen and oxygen atoms in total. The number of amides is 1. The van der Waals surface area contributed by atoms with E-state index in [0.29, 0.717) is 0 Å². The van der Waals surface area contributed by atoms with Gasteiger partial charge in [-0.1, -0.05) is 24.3 Å². The summed E-state index contributed by atoms with van der Waals surface area (Å²) in [7, 11) is 2.95. The van der Waals surface area contributed by atoms with E-state index in [2.05, 4.69) is 22.4 Å². The van der Waals surface area contributed by atoms with Crippen molar-refractivity contribution in [3.05, 3.63) is 80.1 Å². The van der Waals surface area contributed by atoms with Gasteiger partial charge < -0.3 is 5.32 Å². The maximum atomic E-state index is 12.9. The second-order valence-corrected chi connectivity index (χ2v) is 7.37. The number of nitrogens with zero attached hydrogens (tertiary/aromatic N) is 3. The number of fused-ring (bicyclic) bond motifs is 1. The van der Waals surface area contributed by atoms with Crippen molar-refractivity contribution in [3.63, 3.8) is 0 Å². The predicted octanol–water partition coefficient (Wildman–Crippen LogP) is 2.14. The summed E-state index contributed by atoms with van der Waals surface area (Å²) in [6.45, 7) is 0. The van der Waals surface area contributed by atoms with Crippen LogP contribution in [0.1, 0.15) is 21.5 Å². The SMILES string of the molecule is Cn1c(=O)c2cc(C(=O)Nc3ccc4c5c(cccc35)CC4)cnc2n(C)c1=O. The molecule has 5 rings (SSSR count). The van der Waals surface area contributed by atoms with Crippen molar-refractivity contribution in [1.29, 1.82) is 0 Å². The van der Waals surface area contributed by atoms with Gasteiger partial charge in [0, 0.05) is 31.4 Å². The van der Waals surface area contributed by atoms with Crippen LogP contribution < -0.4 is 16.6 Å². The molecular formula is C22H18N4O3. The minimum absolute atomic E-state index is 0.225. The summed E-state index contributed by atoms with van der Waals surface area (Å²) < 4.78 is 2.30. The number of carbonyl (C=O) groups excluding carboxylic acids is 1. The van der Waals surface area contributed by atoms with Crippen LogP contribution in [0.4, 0.5) is 5.69 Å². The van der Waals surface area contributed by atoms with Gasteiger partial charge in [-0.3, -0.25) is 18.7 Å². The van der Waals surface area contributed by atoms with Crippen LogP contribution in [-0.2, 0) is 26.9 Å². The molecule has 7 heteroatoms. The standard InChI is InChI=1S/C22H18N4O3/c1-25-19-16(21(28)26(2)22(25)29)10-14(11-23-19)20(27)24-17-9-8-13-7-6-12-4-3-5-15(17)18(12)13/h3-5,8-11H,6-7H2,1-2H3,(H,24,27). The molecule has 1 amide bonds. The van der Waals surface area contributed by atoms with E-state index in [1.165, 1.54) is 40.4 Å². The molecule has 0 saturated carbocycles. The predicted molar refractivity (Wildman–Crippen MR) is 112 cm³/mol. The molecule has 29 heavy (non-hydrogen) atoms. The van der Waals surface area contributed by atoms with Gasteiger partial charge in [-0.05, 0) is 41.5 Å². The zero-order valence-corrected chi connectivity index (χ0v) is 16.0. The lowest BCUT2D eigenvalue weighted by Gasteiger charge is -2.11. The van der Waals surface area contributed by atoms with Gasteiger partial charge in [-0.2, -0.15) is 0 Å². The van der Waals surface area contributed by atoms with Gasteiger partial charge in [0.2, 0.25) is 0 Å². The zero-order valence-electron chi connectivity index (χ0n) is 16.0. The van der Waals surface area contributed by atoms with Crippen LogP contribution in [0, 0.1) is 0 Å². The molecule has 0 spiro atoms. The van der Waals surface area contributed by atoms with Crippen LogP contribution in [0.3, 0.4) is 0 Å². The molecule has 0 saturated heterocycles. The second-order valence-electron chi connectivity index (χ2n) is 7.37. The highest BCUT2D eigenvalue weighted by molar-refractivity contribution is 6.11. The van der Waals surface area contributed by atoms with E-state index in [1.54, 1.807) is 7.05 Å². The second kappa shape index (κ2) is 6.13. The van der Waals surface area contributed by atoms with Gasteiger partial charge >= 0.3 is 5.69 Å². The normalized spacial score (nSPS) is 12.6. The summed E-state index contributed by atoms with van der Waals surface area (Å²) in [6.07, 6.45) is 3.41. The van der Waals surface area contributed by atoms with E-state index < -0.39 is 11.2 Å². The Morgan fingerprint density at radius 3 is 2.55 bits per heavy atom. The Bertz CT molecular complexity index is 1450. The van der Waals surface area contributed by atoms with Gasteiger partial charge in [0.25, 0.3) is 11.5 Å². The van der Waals surface area contributed by atoms with E-state index in [-0.39, 0.29) is 22.5 Å². The highest BCUT2D eigenvalue weighted by Crippen LogP contribution is 2.35. The third-order valence-electron chi connectivity index (χ3n) is 5.68. The molecule has 144 valence electrons. The van der Waals surface area contributed by atoms with Gasteiger partial charge in [-0.15, -0.1) is 0 Å². The molecule has 1 N–H and O–H groups in total. The Morgan fingerprint density at radius 1 is 1.00 bits per heavy atom. The molecule has 1 aliphatic carbocycles. The molecular weight excluding hydrogens is 368 g/mol. The van der Waals surface area contributed by atoms with E-state index in [9.17, 15) is 14.4 Å². The summed E-state index contributed by atoms with van der Waals surface area (Å²) in [5.74, 6) is -0.353. The smallest absolute Gasteiger partial charge is 0.321 e. The Balaban J connectivity index is 1.59. The number of benzene rings is 2. The molecule has 0 unspecified atom stereocenters. The maximum absolute atomic E-state index is 12.9. The largest absolute Gasteiger partial charge is 0.332 e. The number of anilines is 1. The summed E-state index contributed by atoms with van der Waals surface area (Å²) in [4.78, 5) is 41.6. The Morgan fingerprint density at radius 2 is 1.76 bits per heavy atom. The number of pyridine rings is 1. The van der Waals surface area contributed by atoms with Crippen molar-refractivity contribution in [1.82, 2.24) is 14.1 Å². The van der Waals surface area contributed by atoms with Crippen LogP contribution in [0.5, 0.6) is 0 Å². The minimum atomic E-state index is -0.476. The lowest BCUT2D eigenvalue weighted by atomic mass is 10.0. The molecule has 0 atom stereocenters. The summed E-state index contributed by atoms with van der Waals surface area (Å²) >= 11 is 0. The number of hydrogen-bond donors (Lipinski definition) is 1. The quantitative estimate of drug-likeness (QED) is 0.572. The van der Waals surface area contributed by atoms with E-state index in [4.69, 9.17) is 0 Å². The van der Waals surface area contributed by atoms with Crippen LogP contribution in [0.25, 0.3) is 21.8 Å². The number of aromatic nitrogens is 3. The first-order valence-electron chi connectivity index (χ1n) is 9.36. The molecule has 0 aliphatic heterocycles. The average molecular weight is 386 g/mol.